The van der Waals surface area contributed by atoms with Gasteiger partial charge in [0.05, 0.1) is 13.2 Å². The zero-order valence-electron chi connectivity index (χ0n) is 15.3. The van der Waals surface area contributed by atoms with Gasteiger partial charge in [-0.3, -0.25) is 0 Å². The molecule has 2 nitrogen and oxygen atoms in total. The minimum absolute atomic E-state index is 0.0968. The van der Waals surface area contributed by atoms with E-state index >= 15 is 0 Å². The van der Waals surface area contributed by atoms with E-state index in [1.165, 1.54) is 25.7 Å². The van der Waals surface area contributed by atoms with Gasteiger partial charge < -0.3 is 9.47 Å². The molecule has 152 valence electrons. The molecule has 1 saturated heterocycles. The Morgan fingerprint density at radius 3 is 2.04 bits per heavy atom. The molecule has 0 radical (unpaired) electrons. The number of halogens is 5. The molecule has 2 aliphatic rings. The van der Waals surface area contributed by atoms with E-state index in [4.69, 9.17) is 9.47 Å². The second-order valence-corrected chi connectivity index (χ2v) is 9.04. The number of benzene rings is 1. The lowest BCUT2D eigenvalue weighted by atomic mass is 9.75. The van der Waals surface area contributed by atoms with Crippen molar-refractivity contribution < 1.29 is 27.0 Å². The van der Waals surface area contributed by atoms with Crippen LogP contribution in [0.25, 0.3) is 0 Å². The largest absolute Gasteiger partial charge is 0.348 e. The van der Waals surface area contributed by atoms with Gasteiger partial charge in [0.1, 0.15) is 17.2 Å². The fourth-order valence-electron chi connectivity index (χ4n) is 4.34. The SMILES string of the molecule is CCCC1CCC(C2COC(c3cc(F)c(C(F)(F)I)c(F)c3)OC2)CC1. The summed E-state index contributed by atoms with van der Waals surface area (Å²) in [7, 11) is 0. The Hall–Kier alpha value is -0.410. The van der Waals surface area contributed by atoms with Crippen LogP contribution in [-0.4, -0.2) is 13.2 Å². The number of alkyl halides is 3. The normalized spacial score (nSPS) is 29.7. The lowest BCUT2D eigenvalue weighted by Gasteiger charge is -2.38. The number of hydrogen-bond donors (Lipinski definition) is 0. The molecule has 0 atom stereocenters. The molecular weight excluding hydrogens is 475 g/mol. The van der Waals surface area contributed by atoms with Gasteiger partial charge in [-0.05, 0) is 36.8 Å². The summed E-state index contributed by atoms with van der Waals surface area (Å²) in [4.78, 5) is 0. The van der Waals surface area contributed by atoms with Crippen LogP contribution in [0.15, 0.2) is 12.1 Å². The Labute approximate surface area is 171 Å². The Morgan fingerprint density at radius 1 is 1.00 bits per heavy atom. The lowest BCUT2D eigenvalue weighted by Crippen LogP contribution is -2.34. The van der Waals surface area contributed by atoms with Crippen molar-refractivity contribution in [3.8, 4) is 0 Å². The van der Waals surface area contributed by atoms with Crippen LogP contribution < -0.4 is 0 Å². The summed E-state index contributed by atoms with van der Waals surface area (Å²) in [6.45, 7) is 3.14. The Bertz CT molecular complexity index is 610. The van der Waals surface area contributed by atoms with Gasteiger partial charge in [0, 0.05) is 34.1 Å². The molecule has 0 amide bonds. The molecule has 1 aromatic rings. The minimum atomic E-state index is -3.61. The van der Waals surface area contributed by atoms with Crippen molar-refractivity contribution >= 4 is 22.6 Å². The molecule has 0 bridgehead atoms. The third-order valence-electron chi connectivity index (χ3n) is 5.80. The third kappa shape index (κ3) is 5.15. The Kier molecular flexibility index (Phi) is 7.06. The van der Waals surface area contributed by atoms with E-state index in [9.17, 15) is 17.6 Å². The van der Waals surface area contributed by atoms with Crippen LogP contribution in [-0.2, 0) is 13.4 Å². The first-order chi connectivity index (χ1) is 12.8. The maximum absolute atomic E-state index is 14.0. The third-order valence-corrected chi connectivity index (χ3v) is 6.34. The van der Waals surface area contributed by atoms with Crippen LogP contribution in [0.3, 0.4) is 0 Å². The van der Waals surface area contributed by atoms with Crippen LogP contribution >= 0.6 is 22.6 Å². The van der Waals surface area contributed by atoms with E-state index in [-0.39, 0.29) is 11.5 Å². The summed E-state index contributed by atoms with van der Waals surface area (Å²) in [6.07, 6.45) is 6.39. The van der Waals surface area contributed by atoms with E-state index in [0.717, 1.165) is 53.5 Å². The second kappa shape index (κ2) is 8.95. The van der Waals surface area contributed by atoms with E-state index in [0.29, 0.717) is 19.1 Å². The van der Waals surface area contributed by atoms with Crippen LogP contribution in [0.5, 0.6) is 0 Å². The van der Waals surface area contributed by atoms with Crippen molar-refractivity contribution in [2.45, 2.75) is 55.7 Å². The highest BCUT2D eigenvalue weighted by molar-refractivity contribution is 14.1. The summed E-state index contributed by atoms with van der Waals surface area (Å²) in [6, 6.07) is 1.76. The summed E-state index contributed by atoms with van der Waals surface area (Å²) in [5.74, 6) is -0.921. The highest BCUT2D eigenvalue weighted by atomic mass is 127. The van der Waals surface area contributed by atoms with Gasteiger partial charge in [-0.15, -0.1) is 0 Å². The molecule has 1 heterocycles. The maximum Gasteiger partial charge on any atom is 0.327 e. The molecule has 0 unspecified atom stereocenters. The van der Waals surface area contributed by atoms with Gasteiger partial charge in [0.2, 0.25) is 0 Å². The first kappa shape index (κ1) is 21.3. The average Bonchev–Trinajstić information content (AvgIpc) is 2.61. The van der Waals surface area contributed by atoms with Gasteiger partial charge in [-0.2, -0.15) is 8.78 Å². The molecule has 0 spiro atoms. The van der Waals surface area contributed by atoms with Gasteiger partial charge in [-0.25, -0.2) is 8.78 Å². The van der Waals surface area contributed by atoms with Crippen LogP contribution in [0.2, 0.25) is 0 Å². The zero-order valence-corrected chi connectivity index (χ0v) is 17.5. The minimum Gasteiger partial charge on any atom is -0.348 e. The average molecular weight is 500 g/mol. The highest BCUT2D eigenvalue weighted by Crippen LogP contribution is 2.41. The summed E-state index contributed by atoms with van der Waals surface area (Å²) >= 11 is 0.718. The molecule has 1 aromatic carbocycles. The first-order valence-electron chi connectivity index (χ1n) is 9.59. The smallest absolute Gasteiger partial charge is 0.327 e. The maximum atomic E-state index is 14.0. The quantitative estimate of drug-likeness (QED) is 0.254. The molecule has 0 N–H and O–H groups in total. The monoisotopic (exact) mass is 500 g/mol. The van der Waals surface area contributed by atoms with Gasteiger partial charge >= 0.3 is 3.93 Å². The van der Waals surface area contributed by atoms with Crippen molar-refractivity contribution in [1.29, 1.82) is 0 Å². The van der Waals surface area contributed by atoms with E-state index in [1.54, 1.807) is 0 Å². The van der Waals surface area contributed by atoms with Crippen molar-refractivity contribution in [3.63, 3.8) is 0 Å². The molecule has 1 aliphatic carbocycles. The number of ether oxygens (including phenoxy) is 2. The topological polar surface area (TPSA) is 18.5 Å². The van der Waals surface area contributed by atoms with Crippen molar-refractivity contribution in [1.82, 2.24) is 0 Å². The lowest BCUT2D eigenvalue weighted by molar-refractivity contribution is -0.215. The Balaban J connectivity index is 1.58. The van der Waals surface area contributed by atoms with Crippen LogP contribution in [0.4, 0.5) is 17.6 Å². The second-order valence-electron chi connectivity index (χ2n) is 7.69. The fourth-order valence-corrected chi connectivity index (χ4v) is 4.85. The highest BCUT2D eigenvalue weighted by Gasteiger charge is 2.37. The zero-order chi connectivity index (χ0) is 19.6. The van der Waals surface area contributed by atoms with E-state index in [2.05, 4.69) is 6.92 Å². The van der Waals surface area contributed by atoms with Gasteiger partial charge in [0.25, 0.3) is 0 Å². The molecule has 1 aliphatic heterocycles. The predicted octanol–water partition coefficient (Wildman–Crippen LogP) is 6.72. The van der Waals surface area contributed by atoms with Crippen molar-refractivity contribution in [2.24, 2.45) is 17.8 Å². The van der Waals surface area contributed by atoms with Crippen molar-refractivity contribution in [2.75, 3.05) is 13.2 Å². The molecule has 2 fully saturated rings. The predicted molar refractivity (Wildman–Crippen MR) is 103 cm³/mol. The summed E-state index contributed by atoms with van der Waals surface area (Å²) in [5.41, 5.74) is -1.14. The van der Waals surface area contributed by atoms with Gasteiger partial charge in [-0.1, -0.05) is 32.6 Å². The number of rotatable bonds is 5. The van der Waals surface area contributed by atoms with E-state index < -0.39 is 27.4 Å². The van der Waals surface area contributed by atoms with E-state index in [1.807, 2.05) is 0 Å². The molecule has 0 aromatic heterocycles. The fraction of sp³-hybridized carbons (Fsp3) is 0.700. The van der Waals surface area contributed by atoms with Crippen LogP contribution in [0.1, 0.15) is 62.9 Å². The molecule has 27 heavy (non-hydrogen) atoms. The van der Waals surface area contributed by atoms with Crippen molar-refractivity contribution in [3.05, 3.63) is 34.9 Å². The summed E-state index contributed by atoms with van der Waals surface area (Å²) < 4.78 is 62.4. The number of hydrogen-bond acceptors (Lipinski definition) is 2. The van der Waals surface area contributed by atoms with Gasteiger partial charge in [0.15, 0.2) is 6.29 Å². The Morgan fingerprint density at radius 2 is 1.56 bits per heavy atom. The molecule has 3 rings (SSSR count). The molecule has 7 heteroatoms. The first-order valence-corrected chi connectivity index (χ1v) is 10.7. The standard InChI is InChI=1S/C20H25F4IO2/c1-2-3-12-4-6-13(7-5-12)15-10-26-19(27-11-15)14-8-16(21)18(17(22)9-14)20(23,24)25/h8-9,12-13,15,19H,2-7,10-11H2,1H3. The molecular formula is C20H25F4IO2. The molecule has 1 saturated carbocycles. The van der Waals surface area contributed by atoms with Crippen LogP contribution in [0, 0.1) is 29.4 Å². The summed E-state index contributed by atoms with van der Waals surface area (Å²) in [5, 5.41) is 0.